The van der Waals surface area contributed by atoms with Gasteiger partial charge in [-0.25, -0.2) is 0 Å². The van der Waals surface area contributed by atoms with Gasteiger partial charge in [-0.1, -0.05) is 18.2 Å². The number of ether oxygens (including phenoxy) is 2. The van der Waals surface area contributed by atoms with Crippen LogP contribution in [-0.4, -0.2) is 28.9 Å². The topological polar surface area (TPSA) is 65.4 Å². The van der Waals surface area contributed by atoms with E-state index in [-0.39, 0.29) is 24.0 Å². The van der Waals surface area contributed by atoms with E-state index in [1.807, 2.05) is 37.4 Å². The van der Waals surface area contributed by atoms with Crippen LogP contribution < -0.4 is 10.1 Å². The van der Waals surface area contributed by atoms with Crippen LogP contribution in [0.1, 0.15) is 29.8 Å². The second-order valence-electron chi connectivity index (χ2n) is 5.98. The fraction of sp³-hybridized carbons (Fsp3) is 0.412. The molecule has 6 heteroatoms. The van der Waals surface area contributed by atoms with Gasteiger partial charge in [-0.05, 0) is 18.6 Å². The van der Waals surface area contributed by atoms with Gasteiger partial charge in [-0.3, -0.25) is 9.48 Å². The number of amides is 1. The van der Waals surface area contributed by atoms with Gasteiger partial charge in [-0.15, -0.1) is 0 Å². The number of carbonyl (C=O) groups excluding carboxylic acids is 1. The largest absolute Gasteiger partial charge is 0.491 e. The second kappa shape index (κ2) is 5.70. The second-order valence-corrected chi connectivity index (χ2v) is 5.98. The Labute approximate surface area is 134 Å². The molecule has 1 amide bonds. The normalized spacial score (nSPS) is 25.9. The first kappa shape index (κ1) is 14.3. The number of carbonyl (C=O) groups is 1. The van der Waals surface area contributed by atoms with Crippen molar-refractivity contribution >= 4 is 5.91 Å². The molecular formula is C17H19N3O3. The third-order valence-corrected chi connectivity index (χ3v) is 4.60. The molecule has 1 N–H and O–H groups in total. The molecule has 0 saturated carbocycles. The summed E-state index contributed by atoms with van der Waals surface area (Å²) >= 11 is 0. The summed E-state index contributed by atoms with van der Waals surface area (Å²) in [6.45, 7) is 1.07. The maximum atomic E-state index is 12.8. The molecular weight excluding hydrogens is 294 g/mol. The highest BCUT2D eigenvalue weighted by molar-refractivity contribution is 5.80. The lowest BCUT2D eigenvalue weighted by Crippen LogP contribution is -2.36. The molecule has 1 aromatic heterocycles. The summed E-state index contributed by atoms with van der Waals surface area (Å²) in [5, 5.41) is 7.29. The lowest BCUT2D eigenvalue weighted by Gasteiger charge is -2.20. The molecule has 23 heavy (non-hydrogen) atoms. The highest BCUT2D eigenvalue weighted by Crippen LogP contribution is 2.36. The van der Waals surface area contributed by atoms with Crippen molar-refractivity contribution in [1.29, 1.82) is 0 Å². The average molecular weight is 313 g/mol. The first-order chi connectivity index (χ1) is 11.2. The van der Waals surface area contributed by atoms with Gasteiger partial charge in [-0.2, -0.15) is 5.10 Å². The van der Waals surface area contributed by atoms with E-state index in [9.17, 15) is 4.79 Å². The van der Waals surface area contributed by atoms with Crippen molar-refractivity contribution in [2.75, 3.05) is 13.2 Å². The first-order valence-corrected chi connectivity index (χ1v) is 7.85. The van der Waals surface area contributed by atoms with Crippen molar-refractivity contribution in [3.8, 4) is 5.75 Å². The first-order valence-electron chi connectivity index (χ1n) is 7.85. The van der Waals surface area contributed by atoms with Crippen molar-refractivity contribution in [3.63, 3.8) is 0 Å². The van der Waals surface area contributed by atoms with Gasteiger partial charge >= 0.3 is 0 Å². The molecule has 3 atom stereocenters. The highest BCUT2D eigenvalue weighted by Gasteiger charge is 2.38. The molecule has 0 aliphatic carbocycles. The summed E-state index contributed by atoms with van der Waals surface area (Å²) in [5.74, 6) is 0.667. The molecule has 2 aliphatic rings. The number of hydrogen-bond acceptors (Lipinski definition) is 4. The Morgan fingerprint density at radius 2 is 2.22 bits per heavy atom. The van der Waals surface area contributed by atoms with Crippen LogP contribution in [-0.2, 0) is 16.6 Å². The molecule has 6 nitrogen and oxygen atoms in total. The maximum absolute atomic E-state index is 12.8. The van der Waals surface area contributed by atoms with Gasteiger partial charge in [0.2, 0.25) is 5.91 Å². The number of benzene rings is 1. The summed E-state index contributed by atoms with van der Waals surface area (Å²) in [4.78, 5) is 12.8. The molecule has 120 valence electrons. The fourth-order valence-corrected chi connectivity index (χ4v) is 3.37. The Kier molecular flexibility index (Phi) is 3.53. The molecule has 2 aliphatic heterocycles. The molecule has 2 aromatic rings. The Morgan fingerprint density at radius 1 is 1.35 bits per heavy atom. The zero-order valence-corrected chi connectivity index (χ0v) is 12.9. The molecule has 1 saturated heterocycles. The van der Waals surface area contributed by atoms with Gasteiger partial charge in [0.25, 0.3) is 0 Å². The van der Waals surface area contributed by atoms with E-state index in [0.717, 1.165) is 23.4 Å². The van der Waals surface area contributed by atoms with Crippen molar-refractivity contribution in [2.24, 2.45) is 13.0 Å². The number of aromatic nitrogens is 2. The third kappa shape index (κ3) is 2.49. The predicted molar refractivity (Wildman–Crippen MR) is 82.8 cm³/mol. The summed E-state index contributed by atoms with van der Waals surface area (Å²) in [5.41, 5.74) is 1.97. The van der Waals surface area contributed by atoms with Crippen LogP contribution in [0, 0.1) is 5.92 Å². The fourth-order valence-electron chi connectivity index (χ4n) is 3.37. The maximum Gasteiger partial charge on any atom is 0.226 e. The molecule has 1 fully saturated rings. The van der Waals surface area contributed by atoms with Crippen molar-refractivity contribution in [3.05, 3.63) is 47.8 Å². The number of nitrogens with one attached hydrogen (secondary N) is 1. The quantitative estimate of drug-likeness (QED) is 0.937. The van der Waals surface area contributed by atoms with Crippen LogP contribution in [0.3, 0.4) is 0 Å². The van der Waals surface area contributed by atoms with Gasteiger partial charge in [0, 0.05) is 25.4 Å². The van der Waals surface area contributed by atoms with E-state index in [4.69, 9.17) is 9.47 Å². The Hall–Kier alpha value is -2.34. The molecule has 0 spiro atoms. The van der Waals surface area contributed by atoms with Gasteiger partial charge < -0.3 is 14.8 Å². The minimum atomic E-state index is -0.236. The van der Waals surface area contributed by atoms with Crippen molar-refractivity contribution < 1.29 is 14.3 Å². The third-order valence-electron chi connectivity index (χ3n) is 4.60. The number of nitrogens with zero attached hydrogens (tertiary/aromatic N) is 2. The minimum absolute atomic E-state index is 0.0130. The van der Waals surface area contributed by atoms with Gasteiger partial charge in [0.1, 0.15) is 18.5 Å². The van der Waals surface area contributed by atoms with E-state index < -0.39 is 0 Å². The van der Waals surface area contributed by atoms with E-state index in [0.29, 0.717) is 13.2 Å². The number of fused-ring (bicyclic) bond motifs is 1. The summed E-state index contributed by atoms with van der Waals surface area (Å²) in [6, 6.07) is 9.64. The van der Waals surface area contributed by atoms with Gasteiger partial charge in [0.15, 0.2) is 0 Å². The molecule has 0 bridgehead atoms. The summed E-state index contributed by atoms with van der Waals surface area (Å²) in [7, 11) is 1.87. The SMILES string of the molecule is Cn1nccc1[C@@H]1OCC[C@H]1C(=O)N[C@H]1COc2ccccc21. The van der Waals surface area contributed by atoms with E-state index in [1.165, 1.54) is 0 Å². The minimum Gasteiger partial charge on any atom is -0.491 e. The van der Waals surface area contributed by atoms with Crippen LogP contribution in [0.2, 0.25) is 0 Å². The standard InChI is InChI=1S/C17H19N3O3/c1-20-14(6-8-18-20)16-12(7-9-22-16)17(21)19-13-10-23-15-5-3-2-4-11(13)15/h2-6,8,12-13,16H,7,9-10H2,1H3,(H,19,21)/t12-,13+,16-/m1/s1. The highest BCUT2D eigenvalue weighted by atomic mass is 16.5. The number of hydrogen-bond donors (Lipinski definition) is 1. The van der Waals surface area contributed by atoms with Crippen LogP contribution in [0.15, 0.2) is 36.5 Å². The molecule has 1 aromatic carbocycles. The van der Waals surface area contributed by atoms with Gasteiger partial charge in [0.05, 0.1) is 17.7 Å². The van der Waals surface area contributed by atoms with Crippen molar-refractivity contribution in [2.45, 2.75) is 18.6 Å². The molecule has 3 heterocycles. The lowest BCUT2D eigenvalue weighted by molar-refractivity contribution is -0.127. The average Bonchev–Trinajstić information content (AvgIpc) is 3.27. The molecule has 0 radical (unpaired) electrons. The molecule has 4 rings (SSSR count). The predicted octanol–water partition coefficient (Wildman–Crippen LogP) is 1.75. The van der Waals surface area contributed by atoms with Crippen LogP contribution in [0.25, 0.3) is 0 Å². The van der Waals surface area contributed by atoms with Crippen molar-refractivity contribution in [1.82, 2.24) is 15.1 Å². The zero-order chi connectivity index (χ0) is 15.8. The van der Waals surface area contributed by atoms with Crippen LogP contribution >= 0.6 is 0 Å². The Balaban J connectivity index is 1.50. The zero-order valence-electron chi connectivity index (χ0n) is 12.9. The lowest BCUT2D eigenvalue weighted by atomic mass is 9.97. The smallest absolute Gasteiger partial charge is 0.226 e. The van der Waals surface area contributed by atoms with Crippen LogP contribution in [0.4, 0.5) is 0 Å². The Bertz CT molecular complexity index is 727. The monoisotopic (exact) mass is 313 g/mol. The number of aryl methyl sites for hydroxylation is 1. The summed E-state index contributed by atoms with van der Waals surface area (Å²) in [6.07, 6.45) is 2.21. The number of para-hydroxylation sites is 1. The van der Waals surface area contributed by atoms with E-state index in [1.54, 1.807) is 10.9 Å². The summed E-state index contributed by atoms with van der Waals surface area (Å²) < 4.78 is 13.2. The Morgan fingerprint density at radius 3 is 3.04 bits per heavy atom. The van der Waals surface area contributed by atoms with E-state index in [2.05, 4.69) is 10.4 Å². The van der Waals surface area contributed by atoms with E-state index >= 15 is 0 Å². The van der Waals surface area contributed by atoms with Crippen LogP contribution in [0.5, 0.6) is 5.75 Å². The molecule has 0 unspecified atom stereocenters. The number of rotatable bonds is 3.